The average Bonchev–Trinajstić information content (AvgIpc) is 2.64. The molecular formula is C8H13BrN4S2. The van der Waals surface area contributed by atoms with Crippen molar-refractivity contribution in [2.45, 2.75) is 0 Å². The van der Waals surface area contributed by atoms with Crippen molar-refractivity contribution in [3.63, 3.8) is 0 Å². The number of nitrogens with zero attached hydrogens (tertiary/aromatic N) is 2. The Morgan fingerprint density at radius 1 is 1.73 bits per heavy atom. The number of aromatic nitrogens is 1. The van der Waals surface area contributed by atoms with Crippen LogP contribution in [0.5, 0.6) is 0 Å². The van der Waals surface area contributed by atoms with Crippen LogP contribution in [0, 0.1) is 0 Å². The Morgan fingerprint density at radius 2 is 2.47 bits per heavy atom. The Balaban J connectivity index is 2.34. The Morgan fingerprint density at radius 3 is 3.00 bits per heavy atom. The highest BCUT2D eigenvalue weighted by Crippen LogP contribution is 2.25. The van der Waals surface area contributed by atoms with Crippen molar-refractivity contribution in [1.82, 2.24) is 15.0 Å². The molecule has 0 aliphatic heterocycles. The first-order valence-electron chi connectivity index (χ1n) is 4.41. The van der Waals surface area contributed by atoms with E-state index in [1.807, 2.05) is 12.4 Å². The zero-order chi connectivity index (χ0) is 11.3. The molecule has 0 aliphatic rings. The summed E-state index contributed by atoms with van der Waals surface area (Å²) in [5.41, 5.74) is 0. The van der Waals surface area contributed by atoms with Gasteiger partial charge in [-0.15, -0.1) is 0 Å². The van der Waals surface area contributed by atoms with E-state index in [1.54, 1.807) is 7.05 Å². The highest BCUT2D eigenvalue weighted by Gasteiger charge is 2.07. The van der Waals surface area contributed by atoms with E-state index in [2.05, 4.69) is 35.8 Å². The summed E-state index contributed by atoms with van der Waals surface area (Å²) < 4.78 is 5.31. The molecule has 0 radical (unpaired) electrons. The molecule has 1 aromatic heterocycles. The fraction of sp³-hybridized carbons (Fsp3) is 0.500. The summed E-state index contributed by atoms with van der Waals surface area (Å²) in [6, 6.07) is 0. The van der Waals surface area contributed by atoms with Crippen LogP contribution in [-0.4, -0.2) is 36.7 Å². The molecule has 1 rings (SSSR count). The summed E-state index contributed by atoms with van der Waals surface area (Å²) in [6.07, 6.45) is 0. The van der Waals surface area contributed by atoms with Crippen molar-refractivity contribution in [3.8, 4) is 0 Å². The van der Waals surface area contributed by atoms with E-state index >= 15 is 0 Å². The lowest BCUT2D eigenvalue weighted by Crippen LogP contribution is -2.37. The molecule has 0 atom stereocenters. The maximum Gasteiger partial charge on any atom is 0.166 e. The Kier molecular flexibility index (Phi) is 5.27. The van der Waals surface area contributed by atoms with Gasteiger partial charge in [0.2, 0.25) is 0 Å². The molecule has 0 saturated carbocycles. The highest BCUT2D eigenvalue weighted by atomic mass is 79.9. The van der Waals surface area contributed by atoms with Gasteiger partial charge in [-0.05, 0) is 39.7 Å². The quantitative estimate of drug-likeness (QED) is 0.824. The van der Waals surface area contributed by atoms with Gasteiger partial charge in [-0.2, -0.15) is 4.37 Å². The van der Waals surface area contributed by atoms with Crippen LogP contribution in [0.3, 0.4) is 0 Å². The fourth-order valence-electron chi connectivity index (χ4n) is 1.00. The smallest absolute Gasteiger partial charge is 0.166 e. The van der Waals surface area contributed by atoms with E-state index < -0.39 is 0 Å². The summed E-state index contributed by atoms with van der Waals surface area (Å²) in [4.78, 5) is 2.08. The minimum absolute atomic E-state index is 0.667. The predicted molar refractivity (Wildman–Crippen MR) is 72.7 cm³/mol. The number of thiocarbonyl (C=S) groups is 1. The Labute approximate surface area is 107 Å². The topological polar surface area (TPSA) is 40.2 Å². The second-order valence-electron chi connectivity index (χ2n) is 2.91. The van der Waals surface area contributed by atoms with E-state index in [9.17, 15) is 0 Å². The molecule has 4 nitrogen and oxygen atoms in total. The summed E-state index contributed by atoms with van der Waals surface area (Å²) in [5.74, 6) is 0.970. The zero-order valence-electron chi connectivity index (χ0n) is 8.58. The second-order valence-corrected chi connectivity index (χ2v) is 4.81. The normalized spacial score (nSPS) is 9.80. The minimum Gasteiger partial charge on any atom is -0.366 e. The Hall–Kier alpha value is -0.400. The lowest BCUT2D eigenvalue weighted by Gasteiger charge is -2.17. The zero-order valence-corrected chi connectivity index (χ0v) is 11.8. The molecule has 15 heavy (non-hydrogen) atoms. The SMILES string of the molecule is CNC(=S)NCCN(C)c1nscc1Br. The number of hydrogen-bond acceptors (Lipinski definition) is 4. The van der Waals surface area contributed by atoms with Gasteiger partial charge in [-0.25, -0.2) is 0 Å². The molecule has 0 aliphatic carbocycles. The molecule has 0 aromatic carbocycles. The third-order valence-corrected chi connectivity index (χ3v) is 3.68. The van der Waals surface area contributed by atoms with Gasteiger partial charge in [-0.1, -0.05) is 0 Å². The van der Waals surface area contributed by atoms with Gasteiger partial charge >= 0.3 is 0 Å². The number of likely N-dealkylation sites (N-methyl/N-ethyl adjacent to an activating group) is 1. The largest absolute Gasteiger partial charge is 0.366 e. The van der Waals surface area contributed by atoms with Gasteiger partial charge in [0.15, 0.2) is 10.9 Å². The molecule has 1 aromatic rings. The van der Waals surface area contributed by atoms with Crippen molar-refractivity contribution in [3.05, 3.63) is 9.85 Å². The lowest BCUT2D eigenvalue weighted by molar-refractivity contribution is 0.807. The summed E-state index contributed by atoms with van der Waals surface area (Å²) in [5, 5.41) is 8.58. The van der Waals surface area contributed by atoms with Gasteiger partial charge in [0.1, 0.15) is 0 Å². The minimum atomic E-state index is 0.667. The van der Waals surface area contributed by atoms with Crippen LogP contribution in [-0.2, 0) is 0 Å². The number of hydrogen-bond donors (Lipinski definition) is 2. The molecule has 0 fully saturated rings. The molecule has 84 valence electrons. The molecule has 0 spiro atoms. The molecule has 1 heterocycles. The van der Waals surface area contributed by atoms with Crippen LogP contribution >= 0.6 is 39.7 Å². The molecule has 0 unspecified atom stereocenters. The van der Waals surface area contributed by atoms with Gasteiger partial charge in [-0.3, -0.25) is 0 Å². The molecule has 2 N–H and O–H groups in total. The third kappa shape index (κ3) is 3.92. The summed E-state index contributed by atoms with van der Waals surface area (Å²) >= 11 is 9.86. The van der Waals surface area contributed by atoms with E-state index in [4.69, 9.17) is 12.2 Å². The lowest BCUT2D eigenvalue weighted by atomic mass is 10.5. The fourth-order valence-corrected chi connectivity index (χ4v) is 2.45. The van der Waals surface area contributed by atoms with Crippen LogP contribution < -0.4 is 15.5 Å². The highest BCUT2D eigenvalue weighted by molar-refractivity contribution is 9.10. The summed E-state index contributed by atoms with van der Waals surface area (Å²) in [7, 11) is 3.81. The van der Waals surface area contributed by atoms with Gasteiger partial charge in [0, 0.05) is 32.6 Å². The first kappa shape index (κ1) is 12.7. The van der Waals surface area contributed by atoms with Crippen molar-refractivity contribution < 1.29 is 0 Å². The number of anilines is 1. The maximum atomic E-state index is 4.97. The first-order chi connectivity index (χ1) is 7.15. The molecule has 0 saturated heterocycles. The van der Waals surface area contributed by atoms with E-state index in [-0.39, 0.29) is 0 Å². The second kappa shape index (κ2) is 6.24. The van der Waals surface area contributed by atoms with Crippen molar-refractivity contribution in [2.75, 3.05) is 32.1 Å². The van der Waals surface area contributed by atoms with Crippen molar-refractivity contribution in [2.24, 2.45) is 0 Å². The van der Waals surface area contributed by atoms with Crippen LogP contribution in [0.4, 0.5) is 5.82 Å². The van der Waals surface area contributed by atoms with Crippen molar-refractivity contribution >= 4 is 50.6 Å². The molecule has 0 bridgehead atoms. The maximum absolute atomic E-state index is 4.97. The number of rotatable bonds is 4. The summed E-state index contributed by atoms with van der Waals surface area (Å²) in [6.45, 7) is 1.64. The van der Waals surface area contributed by atoms with Gasteiger partial charge in [0.05, 0.1) is 4.47 Å². The average molecular weight is 309 g/mol. The van der Waals surface area contributed by atoms with Crippen molar-refractivity contribution in [1.29, 1.82) is 0 Å². The monoisotopic (exact) mass is 308 g/mol. The van der Waals surface area contributed by atoms with Gasteiger partial charge in [0.25, 0.3) is 0 Å². The molecule has 0 amide bonds. The van der Waals surface area contributed by atoms with E-state index in [1.165, 1.54) is 11.5 Å². The van der Waals surface area contributed by atoms with Crippen LogP contribution in [0.1, 0.15) is 0 Å². The van der Waals surface area contributed by atoms with Crippen LogP contribution in [0.2, 0.25) is 0 Å². The molecule has 7 heteroatoms. The standard InChI is InChI=1S/C8H13BrN4S2/c1-10-8(14)11-3-4-13(2)7-6(9)5-15-12-7/h5H,3-4H2,1-2H3,(H2,10,11,14). The first-order valence-corrected chi connectivity index (χ1v) is 6.45. The molecular weight excluding hydrogens is 296 g/mol. The van der Waals surface area contributed by atoms with E-state index in [0.717, 1.165) is 23.4 Å². The predicted octanol–water partition coefficient (Wildman–Crippen LogP) is 1.44. The van der Waals surface area contributed by atoms with E-state index in [0.29, 0.717) is 5.11 Å². The number of halogens is 1. The number of nitrogens with one attached hydrogen (secondary N) is 2. The Bertz CT molecular complexity index is 328. The van der Waals surface area contributed by atoms with Crippen LogP contribution in [0.25, 0.3) is 0 Å². The van der Waals surface area contributed by atoms with Gasteiger partial charge < -0.3 is 15.5 Å². The third-order valence-electron chi connectivity index (χ3n) is 1.83. The van der Waals surface area contributed by atoms with Crippen LogP contribution in [0.15, 0.2) is 9.85 Å².